The Balaban J connectivity index is 1.64. The normalized spacial score (nSPS) is 22.3. The molecule has 9 nitrogen and oxygen atoms in total. The number of halogens is 1. The van der Waals surface area contributed by atoms with Gasteiger partial charge in [0.1, 0.15) is 0 Å². The minimum atomic E-state index is -1.81. The molecule has 2 aliphatic rings. The summed E-state index contributed by atoms with van der Waals surface area (Å²) in [5.74, 6) is -1.31. The van der Waals surface area contributed by atoms with Gasteiger partial charge in [-0.15, -0.1) is 0 Å². The van der Waals surface area contributed by atoms with Crippen molar-refractivity contribution in [2.75, 3.05) is 37.6 Å². The number of hydrogen-bond donors (Lipinski definition) is 2. The van der Waals surface area contributed by atoms with Crippen molar-refractivity contribution in [2.24, 2.45) is 0 Å². The van der Waals surface area contributed by atoms with E-state index in [1.54, 1.807) is 28.7 Å². The van der Waals surface area contributed by atoms with E-state index in [1.165, 1.54) is 4.90 Å². The van der Waals surface area contributed by atoms with Gasteiger partial charge in [-0.2, -0.15) is 4.47 Å². The number of carbonyl (C=O) groups excluding carboxylic acids is 1. The van der Waals surface area contributed by atoms with Gasteiger partial charge in [-0.3, -0.25) is 14.8 Å². The summed E-state index contributed by atoms with van der Waals surface area (Å²) in [5.41, 5.74) is 2.22. The molecule has 2 aliphatic heterocycles. The number of aliphatic carboxylic acids is 1. The van der Waals surface area contributed by atoms with E-state index in [4.69, 9.17) is 16.7 Å². The second kappa shape index (κ2) is 12.2. The van der Waals surface area contributed by atoms with Gasteiger partial charge >= 0.3 is 5.97 Å². The van der Waals surface area contributed by atoms with Crippen molar-refractivity contribution >= 4 is 40.3 Å². The largest absolute Gasteiger partial charge is 0.481 e. The number of anilines is 1. The Bertz CT molecular complexity index is 1020. The number of hydrogen-bond acceptors (Lipinski definition) is 5. The van der Waals surface area contributed by atoms with Crippen molar-refractivity contribution in [3.8, 4) is 0 Å². The van der Waals surface area contributed by atoms with Gasteiger partial charge in [0.2, 0.25) is 17.1 Å². The molecule has 1 unspecified atom stereocenters. The maximum atomic E-state index is 13.1. The van der Waals surface area contributed by atoms with Gasteiger partial charge in [0.15, 0.2) is 0 Å². The van der Waals surface area contributed by atoms with Crippen LogP contribution >= 0.6 is 11.6 Å². The number of piperazine rings is 1. The molecule has 2 N–H and O–H groups in total. The molecule has 11 heteroatoms. The van der Waals surface area contributed by atoms with Gasteiger partial charge in [0, 0.05) is 56.1 Å². The zero-order valence-corrected chi connectivity index (χ0v) is 20.5. The fraction of sp³-hybridized carbons (Fsp3) is 0.391. The smallest absolute Gasteiger partial charge is 0.303 e. The summed E-state index contributed by atoms with van der Waals surface area (Å²) in [5, 5.41) is 20.2. The average Bonchev–Trinajstić information content (AvgIpc) is 2.92. The summed E-state index contributed by atoms with van der Waals surface area (Å²) in [6, 6.07) is 7.59. The number of amides is 1. The summed E-state index contributed by atoms with van der Waals surface area (Å²) < 4.78 is 15.5. The predicted octanol–water partition coefficient (Wildman–Crippen LogP) is 3.17. The van der Waals surface area contributed by atoms with Gasteiger partial charge in [-0.1, -0.05) is 23.2 Å². The van der Waals surface area contributed by atoms with Crippen molar-refractivity contribution in [1.82, 2.24) is 13.7 Å². The number of allylic oxidation sites excluding steroid dienone is 3. The number of benzene rings is 1. The van der Waals surface area contributed by atoms with Gasteiger partial charge in [-0.05, 0) is 49.8 Å². The van der Waals surface area contributed by atoms with Crippen molar-refractivity contribution in [2.45, 2.75) is 26.2 Å². The maximum absolute atomic E-state index is 13.1. The lowest BCUT2D eigenvalue weighted by molar-refractivity contribution is -0.140. The van der Waals surface area contributed by atoms with E-state index < -0.39 is 17.1 Å². The first-order valence-electron chi connectivity index (χ1n) is 11.0. The van der Waals surface area contributed by atoms with Crippen molar-refractivity contribution in [1.29, 1.82) is 0 Å². The Labute approximate surface area is 206 Å². The Hall–Kier alpha value is -2.66. The van der Waals surface area contributed by atoms with Gasteiger partial charge < -0.3 is 14.9 Å². The SMILES string of the molecule is C\C1=C/C(N(O)S(=O)N2CCN(c3cccc(Cl)c3)CC2)=C\C=C\N(C(=O)CCC(=O)O)CC1. The number of hydroxylamine groups is 1. The Morgan fingerprint density at radius 3 is 2.56 bits per heavy atom. The third-order valence-electron chi connectivity index (χ3n) is 5.55. The van der Waals surface area contributed by atoms with Crippen LogP contribution in [0.3, 0.4) is 0 Å². The van der Waals surface area contributed by atoms with Crippen LogP contribution < -0.4 is 4.90 Å². The van der Waals surface area contributed by atoms with Crippen LogP contribution in [0, 0.1) is 0 Å². The molecule has 0 aromatic heterocycles. The Morgan fingerprint density at radius 2 is 1.88 bits per heavy atom. The van der Waals surface area contributed by atoms with E-state index in [2.05, 4.69) is 4.90 Å². The molecule has 3 rings (SSSR count). The van der Waals surface area contributed by atoms with Crippen LogP contribution in [0.1, 0.15) is 26.2 Å². The monoisotopic (exact) mass is 508 g/mol. The van der Waals surface area contributed by atoms with Crippen LogP contribution in [0.4, 0.5) is 5.69 Å². The highest BCUT2D eigenvalue weighted by Crippen LogP contribution is 2.22. The highest BCUT2D eigenvalue weighted by Gasteiger charge is 2.26. The lowest BCUT2D eigenvalue weighted by Gasteiger charge is -2.36. The minimum absolute atomic E-state index is 0.0870. The summed E-state index contributed by atoms with van der Waals surface area (Å²) in [4.78, 5) is 26.7. The topological polar surface area (TPSA) is 105 Å². The standard InChI is InChI=1S/C23H29ClN4O5S/c1-18-9-11-26(22(29)7-8-23(30)31)10-3-6-21(16-18)28(32)34(33)27-14-12-25(13-15-27)20-5-2-4-19(24)17-20/h2-6,10,16-17,32H,7-9,11-15H2,1H3,(H,30,31)/b10-3+,18-16+,21-6+. The molecule has 1 aromatic carbocycles. The maximum Gasteiger partial charge on any atom is 0.303 e. The first-order chi connectivity index (χ1) is 16.2. The number of carbonyl (C=O) groups is 2. The number of carboxylic acid groups (broad SMARTS) is 1. The van der Waals surface area contributed by atoms with Crippen LogP contribution in [-0.2, 0) is 20.8 Å². The van der Waals surface area contributed by atoms with E-state index in [0.717, 1.165) is 15.7 Å². The third-order valence-corrected chi connectivity index (χ3v) is 7.10. The molecule has 0 radical (unpaired) electrons. The molecule has 1 atom stereocenters. The Morgan fingerprint density at radius 1 is 1.15 bits per heavy atom. The lowest BCUT2D eigenvalue weighted by Crippen LogP contribution is -2.49. The first kappa shape index (κ1) is 26.0. The lowest BCUT2D eigenvalue weighted by atomic mass is 10.1. The molecule has 0 aliphatic carbocycles. The number of rotatable bonds is 7. The van der Waals surface area contributed by atoms with Crippen molar-refractivity contribution < 1.29 is 24.1 Å². The predicted molar refractivity (Wildman–Crippen MR) is 131 cm³/mol. The van der Waals surface area contributed by atoms with Crippen LogP contribution in [-0.4, -0.2) is 72.8 Å². The number of carboxylic acids is 1. The molecule has 184 valence electrons. The molecule has 2 heterocycles. The van der Waals surface area contributed by atoms with E-state index in [-0.39, 0.29) is 18.7 Å². The summed E-state index contributed by atoms with van der Waals surface area (Å²) in [7, 11) is 0. The van der Waals surface area contributed by atoms with E-state index in [1.807, 2.05) is 31.2 Å². The van der Waals surface area contributed by atoms with Crippen LogP contribution in [0.2, 0.25) is 5.02 Å². The molecule has 0 saturated carbocycles. The van der Waals surface area contributed by atoms with Crippen molar-refractivity contribution in [3.05, 3.63) is 65.0 Å². The molecular formula is C23H29ClN4O5S. The molecule has 0 bridgehead atoms. The van der Waals surface area contributed by atoms with Crippen molar-refractivity contribution in [3.63, 3.8) is 0 Å². The molecule has 1 fully saturated rings. The fourth-order valence-corrected chi connectivity index (χ4v) is 4.82. The van der Waals surface area contributed by atoms with Gasteiger partial charge in [0.05, 0.1) is 12.1 Å². The minimum Gasteiger partial charge on any atom is -0.481 e. The van der Waals surface area contributed by atoms with E-state index >= 15 is 0 Å². The molecular weight excluding hydrogens is 480 g/mol. The summed E-state index contributed by atoms with van der Waals surface area (Å²) >= 11 is 4.28. The first-order valence-corrected chi connectivity index (χ1v) is 12.4. The molecule has 34 heavy (non-hydrogen) atoms. The summed E-state index contributed by atoms with van der Waals surface area (Å²) in [6.45, 7) is 4.52. The third kappa shape index (κ3) is 7.17. The van der Waals surface area contributed by atoms with Gasteiger partial charge in [0.25, 0.3) is 0 Å². The summed E-state index contributed by atoms with van der Waals surface area (Å²) in [6.07, 6.45) is 6.66. The molecule has 1 saturated heterocycles. The quantitative estimate of drug-likeness (QED) is 0.548. The average molecular weight is 509 g/mol. The second-order valence-corrected chi connectivity index (χ2v) is 9.81. The second-order valence-electron chi connectivity index (χ2n) is 8.05. The van der Waals surface area contributed by atoms with Gasteiger partial charge in [-0.25, -0.2) is 8.51 Å². The highest BCUT2D eigenvalue weighted by molar-refractivity contribution is 7.80. The van der Waals surface area contributed by atoms with Crippen LogP contribution in [0.15, 0.2) is 60.0 Å². The van der Waals surface area contributed by atoms with Crippen LogP contribution in [0.25, 0.3) is 0 Å². The molecule has 1 amide bonds. The van der Waals surface area contributed by atoms with E-state index in [0.29, 0.717) is 49.9 Å². The highest BCUT2D eigenvalue weighted by atomic mass is 35.5. The zero-order chi connectivity index (χ0) is 24.7. The van der Waals surface area contributed by atoms with E-state index in [9.17, 15) is 19.0 Å². The molecule has 0 spiro atoms. The zero-order valence-electron chi connectivity index (χ0n) is 19.0. The fourth-order valence-electron chi connectivity index (χ4n) is 3.65. The number of nitrogens with zero attached hydrogens (tertiary/aromatic N) is 4. The Kier molecular flexibility index (Phi) is 9.28. The van der Waals surface area contributed by atoms with Crippen LogP contribution in [0.5, 0.6) is 0 Å². The molecule has 1 aromatic rings.